The molecular weight excluding hydrogens is 290 g/mol. The van der Waals surface area contributed by atoms with Gasteiger partial charge in [-0.05, 0) is 29.3 Å². The van der Waals surface area contributed by atoms with Crippen LogP contribution in [0.15, 0.2) is 42.5 Å². The van der Waals surface area contributed by atoms with Gasteiger partial charge < -0.3 is 15.2 Å². The highest BCUT2D eigenvalue weighted by Gasteiger charge is 2.12. The highest BCUT2D eigenvalue weighted by Crippen LogP contribution is 2.23. The molecule has 0 radical (unpaired) electrons. The summed E-state index contributed by atoms with van der Waals surface area (Å²) in [4.78, 5) is 12.2. The van der Waals surface area contributed by atoms with Crippen molar-refractivity contribution in [2.45, 2.75) is 13.2 Å². The number of halogens is 1. The minimum Gasteiger partial charge on any atom is -0.496 e. The summed E-state index contributed by atoms with van der Waals surface area (Å²) in [6.07, 6.45) is 0. The number of carbonyl (C=O) groups excluding carboxylic acids is 1. The first-order valence-electron chi connectivity index (χ1n) is 6.44. The second kappa shape index (κ2) is 7.11. The Kier molecular flexibility index (Phi) is 5.20. The number of methoxy groups -OCH3 is 1. The average molecular weight is 306 g/mol. The molecule has 0 unspecified atom stereocenters. The van der Waals surface area contributed by atoms with Crippen LogP contribution in [-0.2, 0) is 13.2 Å². The zero-order valence-electron chi connectivity index (χ0n) is 11.6. The van der Waals surface area contributed by atoms with Gasteiger partial charge in [-0.3, -0.25) is 4.79 Å². The zero-order chi connectivity index (χ0) is 15.2. The second-order valence-electron chi connectivity index (χ2n) is 4.50. The maximum atomic E-state index is 12.2. The van der Waals surface area contributed by atoms with Crippen LogP contribution in [0.5, 0.6) is 5.75 Å². The SMILES string of the molecule is COc1cc(Cl)ccc1C(=O)NCc1ccc(CO)cc1. The summed E-state index contributed by atoms with van der Waals surface area (Å²) in [5.74, 6) is 0.213. The van der Waals surface area contributed by atoms with Gasteiger partial charge in [0.05, 0.1) is 19.3 Å². The van der Waals surface area contributed by atoms with Crippen LogP contribution in [0.1, 0.15) is 21.5 Å². The summed E-state index contributed by atoms with van der Waals surface area (Å²) in [7, 11) is 1.50. The van der Waals surface area contributed by atoms with Gasteiger partial charge in [0.2, 0.25) is 0 Å². The highest BCUT2D eigenvalue weighted by atomic mass is 35.5. The molecule has 5 heteroatoms. The van der Waals surface area contributed by atoms with Gasteiger partial charge in [-0.1, -0.05) is 35.9 Å². The Morgan fingerprint density at radius 1 is 1.19 bits per heavy atom. The molecule has 0 fully saturated rings. The number of amides is 1. The van der Waals surface area contributed by atoms with Crippen molar-refractivity contribution in [2.24, 2.45) is 0 Å². The van der Waals surface area contributed by atoms with Crippen LogP contribution in [-0.4, -0.2) is 18.1 Å². The molecule has 2 rings (SSSR count). The van der Waals surface area contributed by atoms with Crippen molar-refractivity contribution in [1.82, 2.24) is 5.32 Å². The van der Waals surface area contributed by atoms with Crippen LogP contribution in [0, 0.1) is 0 Å². The first-order valence-corrected chi connectivity index (χ1v) is 6.82. The molecule has 0 bridgehead atoms. The van der Waals surface area contributed by atoms with E-state index in [4.69, 9.17) is 21.4 Å². The van der Waals surface area contributed by atoms with E-state index in [1.54, 1.807) is 18.2 Å². The Labute approximate surface area is 128 Å². The lowest BCUT2D eigenvalue weighted by Gasteiger charge is -2.10. The van der Waals surface area contributed by atoms with Crippen LogP contribution >= 0.6 is 11.6 Å². The van der Waals surface area contributed by atoms with Gasteiger partial charge in [0.15, 0.2) is 0 Å². The van der Waals surface area contributed by atoms with E-state index >= 15 is 0 Å². The van der Waals surface area contributed by atoms with E-state index in [9.17, 15) is 4.79 Å². The monoisotopic (exact) mass is 305 g/mol. The molecule has 110 valence electrons. The predicted octanol–water partition coefficient (Wildman–Crippen LogP) is 2.77. The number of aliphatic hydroxyl groups is 1. The van der Waals surface area contributed by atoms with E-state index < -0.39 is 0 Å². The summed E-state index contributed by atoms with van der Waals surface area (Å²) in [6.45, 7) is 0.408. The van der Waals surface area contributed by atoms with Gasteiger partial charge in [0.1, 0.15) is 5.75 Å². The largest absolute Gasteiger partial charge is 0.496 e. The van der Waals surface area contributed by atoms with E-state index in [0.717, 1.165) is 11.1 Å². The van der Waals surface area contributed by atoms with Crippen molar-refractivity contribution in [2.75, 3.05) is 7.11 Å². The molecule has 0 saturated heterocycles. The quantitative estimate of drug-likeness (QED) is 0.893. The molecule has 0 aromatic heterocycles. The van der Waals surface area contributed by atoms with Crippen LogP contribution in [0.25, 0.3) is 0 Å². The molecule has 21 heavy (non-hydrogen) atoms. The molecule has 0 saturated carbocycles. The molecule has 0 aliphatic carbocycles. The topological polar surface area (TPSA) is 58.6 Å². The van der Waals surface area contributed by atoms with E-state index in [2.05, 4.69) is 5.32 Å². The van der Waals surface area contributed by atoms with Crippen LogP contribution in [0.2, 0.25) is 5.02 Å². The molecule has 0 spiro atoms. The van der Waals surface area contributed by atoms with Gasteiger partial charge in [-0.2, -0.15) is 0 Å². The Morgan fingerprint density at radius 2 is 1.86 bits per heavy atom. The molecule has 1 amide bonds. The van der Waals surface area contributed by atoms with Gasteiger partial charge in [0, 0.05) is 11.6 Å². The zero-order valence-corrected chi connectivity index (χ0v) is 12.4. The maximum Gasteiger partial charge on any atom is 0.255 e. The van der Waals surface area contributed by atoms with Crippen LogP contribution in [0.3, 0.4) is 0 Å². The third-order valence-corrected chi connectivity index (χ3v) is 3.30. The van der Waals surface area contributed by atoms with Gasteiger partial charge in [0.25, 0.3) is 5.91 Å². The summed E-state index contributed by atoms with van der Waals surface area (Å²) in [5, 5.41) is 12.3. The highest BCUT2D eigenvalue weighted by molar-refractivity contribution is 6.30. The molecule has 2 aromatic rings. The fourth-order valence-corrected chi connectivity index (χ4v) is 2.05. The average Bonchev–Trinajstić information content (AvgIpc) is 2.52. The van der Waals surface area contributed by atoms with E-state index in [1.165, 1.54) is 7.11 Å². The third kappa shape index (κ3) is 3.97. The fraction of sp³-hybridized carbons (Fsp3) is 0.188. The van der Waals surface area contributed by atoms with Gasteiger partial charge >= 0.3 is 0 Å². The van der Waals surface area contributed by atoms with Crippen molar-refractivity contribution < 1.29 is 14.6 Å². The minimum absolute atomic E-state index is 0.00854. The Bertz CT molecular complexity index is 626. The van der Waals surface area contributed by atoms with Crippen molar-refractivity contribution in [3.05, 3.63) is 64.2 Å². The standard InChI is InChI=1S/C16H16ClNO3/c1-21-15-8-13(17)6-7-14(15)16(20)18-9-11-2-4-12(10-19)5-3-11/h2-8,19H,9-10H2,1H3,(H,18,20). The first-order chi connectivity index (χ1) is 10.1. The maximum absolute atomic E-state index is 12.2. The Balaban J connectivity index is 2.04. The number of nitrogens with one attached hydrogen (secondary N) is 1. The number of aliphatic hydroxyl groups excluding tert-OH is 1. The lowest BCUT2D eigenvalue weighted by Crippen LogP contribution is -2.23. The molecular formula is C16H16ClNO3. The molecule has 2 aromatic carbocycles. The molecule has 4 nitrogen and oxygen atoms in total. The molecule has 0 atom stereocenters. The van der Waals surface area contributed by atoms with Gasteiger partial charge in [-0.25, -0.2) is 0 Å². The summed E-state index contributed by atoms with van der Waals surface area (Å²) >= 11 is 5.87. The van der Waals surface area contributed by atoms with Crippen molar-refractivity contribution in [3.8, 4) is 5.75 Å². The predicted molar refractivity (Wildman–Crippen MR) is 81.5 cm³/mol. The molecule has 0 aliphatic rings. The number of carbonyl (C=O) groups is 1. The molecule has 0 heterocycles. The fourth-order valence-electron chi connectivity index (χ4n) is 1.89. The Morgan fingerprint density at radius 3 is 2.48 bits per heavy atom. The number of hydrogen-bond acceptors (Lipinski definition) is 3. The second-order valence-corrected chi connectivity index (χ2v) is 4.94. The van der Waals surface area contributed by atoms with E-state index in [0.29, 0.717) is 22.9 Å². The molecule has 0 aliphatic heterocycles. The van der Waals surface area contributed by atoms with E-state index in [-0.39, 0.29) is 12.5 Å². The summed E-state index contributed by atoms with van der Waals surface area (Å²) < 4.78 is 5.16. The lowest BCUT2D eigenvalue weighted by molar-refractivity contribution is 0.0948. The van der Waals surface area contributed by atoms with Crippen LogP contribution < -0.4 is 10.1 Å². The summed E-state index contributed by atoms with van der Waals surface area (Å²) in [6, 6.07) is 12.3. The molecule has 2 N–H and O–H groups in total. The normalized spacial score (nSPS) is 10.2. The third-order valence-electron chi connectivity index (χ3n) is 3.07. The van der Waals surface area contributed by atoms with Gasteiger partial charge in [-0.15, -0.1) is 0 Å². The van der Waals surface area contributed by atoms with Crippen molar-refractivity contribution in [3.63, 3.8) is 0 Å². The minimum atomic E-state index is -0.227. The number of hydrogen-bond donors (Lipinski definition) is 2. The number of benzene rings is 2. The number of ether oxygens (including phenoxy) is 1. The smallest absolute Gasteiger partial charge is 0.255 e. The summed E-state index contributed by atoms with van der Waals surface area (Å²) in [5.41, 5.74) is 2.23. The van der Waals surface area contributed by atoms with Crippen LogP contribution in [0.4, 0.5) is 0 Å². The van der Waals surface area contributed by atoms with Crippen molar-refractivity contribution >= 4 is 17.5 Å². The number of rotatable bonds is 5. The van der Waals surface area contributed by atoms with E-state index in [1.807, 2.05) is 24.3 Å². The lowest BCUT2D eigenvalue weighted by atomic mass is 10.1. The Hall–Kier alpha value is -2.04. The first kappa shape index (κ1) is 15.4. The van der Waals surface area contributed by atoms with Crippen molar-refractivity contribution in [1.29, 1.82) is 0 Å².